The molecule has 0 aliphatic carbocycles. The van der Waals surface area contributed by atoms with Crippen molar-refractivity contribution >= 4 is 38.5 Å². The molecule has 2 aliphatic heterocycles. The largest absolute Gasteiger partial charge is 0.497 e. The maximum absolute atomic E-state index is 12.5. The molecule has 9 nitrogen and oxygen atoms in total. The lowest BCUT2D eigenvalue weighted by molar-refractivity contribution is -0.148. The summed E-state index contributed by atoms with van der Waals surface area (Å²) in [6, 6.07) is 11.7. The maximum Gasteiger partial charge on any atom is 0.340 e. The van der Waals surface area contributed by atoms with Gasteiger partial charge in [-0.15, -0.1) is 4.40 Å². The molecule has 0 saturated heterocycles. The Hall–Kier alpha value is -3.66. The van der Waals surface area contributed by atoms with E-state index in [0.717, 1.165) is 22.1 Å². The van der Waals surface area contributed by atoms with E-state index < -0.39 is 22.6 Å². The van der Waals surface area contributed by atoms with Gasteiger partial charge in [-0.1, -0.05) is 18.2 Å². The molecule has 2 heterocycles. The van der Waals surface area contributed by atoms with Crippen molar-refractivity contribution in [1.82, 2.24) is 9.80 Å². The van der Waals surface area contributed by atoms with Crippen LogP contribution in [0.3, 0.4) is 0 Å². The van der Waals surface area contributed by atoms with E-state index in [2.05, 4.69) is 4.40 Å². The van der Waals surface area contributed by atoms with Crippen molar-refractivity contribution in [1.29, 1.82) is 0 Å². The highest BCUT2D eigenvalue weighted by atomic mass is 32.2. The van der Waals surface area contributed by atoms with Crippen molar-refractivity contribution in [3.8, 4) is 5.75 Å². The normalized spacial score (nSPS) is 16.5. The van der Waals surface area contributed by atoms with Crippen LogP contribution in [0.1, 0.15) is 5.56 Å². The standard InChI is InChI=1S/C23H23N3O6S/c1-25(13-16-3-4-18-12-20(31-2)7-5-17(18)11-16)22(27)15-32-23(28)19-6-8-21-24-33(29,30)10-9-26(21)14-19/h3-8,11-12,14H,9-10,13,15H2,1-2H3. The van der Waals surface area contributed by atoms with E-state index in [9.17, 15) is 18.0 Å². The summed E-state index contributed by atoms with van der Waals surface area (Å²) in [7, 11) is -0.205. The van der Waals surface area contributed by atoms with Gasteiger partial charge in [0.25, 0.3) is 15.9 Å². The van der Waals surface area contributed by atoms with Crippen LogP contribution in [-0.4, -0.2) is 69.0 Å². The molecule has 10 heteroatoms. The third-order valence-electron chi connectivity index (χ3n) is 5.34. The first-order valence-electron chi connectivity index (χ1n) is 10.2. The van der Waals surface area contributed by atoms with Gasteiger partial charge in [-0.3, -0.25) is 4.79 Å². The van der Waals surface area contributed by atoms with E-state index in [4.69, 9.17) is 9.47 Å². The number of amidine groups is 1. The highest BCUT2D eigenvalue weighted by Crippen LogP contribution is 2.22. The summed E-state index contributed by atoms with van der Waals surface area (Å²) in [5.41, 5.74) is 1.16. The second-order valence-corrected chi connectivity index (χ2v) is 9.47. The first-order chi connectivity index (χ1) is 15.7. The van der Waals surface area contributed by atoms with Crippen molar-refractivity contribution in [2.45, 2.75) is 6.54 Å². The number of likely N-dealkylation sites (N-methyl/N-ethyl adjacent to an activating group) is 1. The molecule has 0 unspecified atom stereocenters. The van der Waals surface area contributed by atoms with E-state index in [1.54, 1.807) is 19.1 Å². The summed E-state index contributed by atoms with van der Waals surface area (Å²) >= 11 is 0. The first-order valence-corrected chi connectivity index (χ1v) is 11.8. The Kier molecular flexibility index (Phi) is 6.19. The Balaban J connectivity index is 1.33. The van der Waals surface area contributed by atoms with Crippen molar-refractivity contribution in [3.05, 3.63) is 65.9 Å². The van der Waals surface area contributed by atoms with Gasteiger partial charge in [-0.25, -0.2) is 13.2 Å². The van der Waals surface area contributed by atoms with Crippen LogP contribution in [0, 0.1) is 0 Å². The molecule has 1 amide bonds. The van der Waals surface area contributed by atoms with Gasteiger partial charge in [0.05, 0.1) is 18.4 Å². The molecular formula is C23H23N3O6S. The highest BCUT2D eigenvalue weighted by Gasteiger charge is 2.25. The van der Waals surface area contributed by atoms with Crippen LogP contribution in [0.25, 0.3) is 10.8 Å². The van der Waals surface area contributed by atoms with Gasteiger partial charge in [0.1, 0.15) is 11.6 Å². The number of amides is 1. The molecule has 0 N–H and O–H groups in total. The Morgan fingerprint density at radius 3 is 2.67 bits per heavy atom. The van der Waals surface area contributed by atoms with Gasteiger partial charge in [-0.05, 0) is 46.7 Å². The zero-order valence-corrected chi connectivity index (χ0v) is 19.0. The molecule has 0 fully saturated rings. The summed E-state index contributed by atoms with van der Waals surface area (Å²) in [5.74, 6) is -0.108. The molecular weight excluding hydrogens is 446 g/mol. The molecule has 2 aliphatic rings. The number of hydrogen-bond donors (Lipinski definition) is 0. The number of carbonyl (C=O) groups is 2. The Morgan fingerprint density at radius 1 is 1.12 bits per heavy atom. The van der Waals surface area contributed by atoms with Crippen molar-refractivity contribution in [2.75, 3.05) is 33.1 Å². The van der Waals surface area contributed by atoms with Gasteiger partial charge in [0, 0.05) is 26.3 Å². The number of sulfonamides is 1. The van der Waals surface area contributed by atoms with Crippen LogP contribution in [0.2, 0.25) is 0 Å². The fourth-order valence-electron chi connectivity index (χ4n) is 3.50. The predicted molar refractivity (Wildman–Crippen MR) is 123 cm³/mol. The highest BCUT2D eigenvalue weighted by molar-refractivity contribution is 7.90. The van der Waals surface area contributed by atoms with E-state index in [1.807, 2.05) is 36.4 Å². The minimum Gasteiger partial charge on any atom is -0.497 e. The van der Waals surface area contributed by atoms with Crippen LogP contribution in [0.15, 0.2) is 64.7 Å². The third-order valence-corrected chi connectivity index (χ3v) is 6.51. The zero-order valence-electron chi connectivity index (χ0n) is 18.2. The quantitative estimate of drug-likeness (QED) is 0.595. The Bertz CT molecular complexity index is 1310. The zero-order chi connectivity index (χ0) is 23.6. The second-order valence-electron chi connectivity index (χ2n) is 7.72. The number of ether oxygens (including phenoxy) is 2. The van der Waals surface area contributed by atoms with Crippen LogP contribution < -0.4 is 4.74 Å². The lowest BCUT2D eigenvalue weighted by atomic mass is 10.1. The number of hydrogen-bond acceptors (Lipinski definition) is 7. The van der Waals surface area contributed by atoms with E-state index in [1.165, 1.54) is 23.3 Å². The lowest BCUT2D eigenvalue weighted by Crippen LogP contribution is -2.37. The van der Waals surface area contributed by atoms with Crippen LogP contribution in [0.5, 0.6) is 5.75 Å². The van der Waals surface area contributed by atoms with E-state index in [0.29, 0.717) is 6.54 Å². The summed E-state index contributed by atoms with van der Waals surface area (Å²) in [4.78, 5) is 27.9. The summed E-state index contributed by atoms with van der Waals surface area (Å²) < 4.78 is 37.2. The first kappa shape index (κ1) is 22.5. The fourth-order valence-corrected chi connectivity index (χ4v) is 4.47. The van der Waals surface area contributed by atoms with Crippen LogP contribution in [0.4, 0.5) is 0 Å². The lowest BCUT2D eigenvalue weighted by Gasteiger charge is -2.26. The van der Waals surface area contributed by atoms with Gasteiger partial charge in [-0.2, -0.15) is 0 Å². The summed E-state index contributed by atoms with van der Waals surface area (Å²) in [6.45, 7) is 0.159. The molecule has 0 spiro atoms. The van der Waals surface area contributed by atoms with Gasteiger partial charge in [0.2, 0.25) is 0 Å². The monoisotopic (exact) mass is 469 g/mol. The molecule has 0 saturated carbocycles. The molecule has 4 rings (SSSR count). The van der Waals surface area contributed by atoms with Gasteiger partial charge < -0.3 is 19.3 Å². The number of fused-ring (bicyclic) bond motifs is 2. The predicted octanol–water partition coefficient (Wildman–Crippen LogP) is 1.85. The number of rotatable bonds is 6. The van der Waals surface area contributed by atoms with Crippen molar-refractivity contribution in [3.63, 3.8) is 0 Å². The average molecular weight is 470 g/mol. The number of benzene rings is 2. The van der Waals surface area contributed by atoms with E-state index >= 15 is 0 Å². The molecule has 2 aromatic rings. The smallest absolute Gasteiger partial charge is 0.340 e. The Labute approximate surface area is 191 Å². The maximum atomic E-state index is 12.5. The van der Waals surface area contributed by atoms with Gasteiger partial charge in [0.15, 0.2) is 6.61 Å². The molecule has 2 aromatic carbocycles. The SMILES string of the molecule is COc1ccc2cc(CN(C)C(=O)COC(=O)C3=CN4CCS(=O)(=O)N=C4C=C3)ccc2c1. The summed E-state index contributed by atoms with van der Waals surface area (Å²) in [6.07, 6.45) is 4.35. The summed E-state index contributed by atoms with van der Waals surface area (Å²) in [5, 5.41) is 2.07. The minimum atomic E-state index is -3.47. The molecule has 0 radical (unpaired) electrons. The van der Waals surface area contributed by atoms with Crippen LogP contribution >= 0.6 is 0 Å². The fraction of sp³-hybridized carbons (Fsp3) is 0.261. The number of carbonyl (C=O) groups excluding carboxylic acids is 2. The number of nitrogens with zero attached hydrogens (tertiary/aromatic N) is 3. The number of esters is 1. The molecule has 0 bridgehead atoms. The van der Waals surface area contributed by atoms with Crippen molar-refractivity contribution < 1.29 is 27.5 Å². The molecule has 0 atom stereocenters. The van der Waals surface area contributed by atoms with Crippen LogP contribution in [-0.2, 0) is 30.9 Å². The third kappa shape index (κ3) is 5.23. The second kappa shape index (κ2) is 9.07. The number of methoxy groups -OCH3 is 1. The molecule has 172 valence electrons. The topological polar surface area (TPSA) is 106 Å². The van der Waals surface area contributed by atoms with E-state index in [-0.39, 0.29) is 29.6 Å². The average Bonchev–Trinajstić information content (AvgIpc) is 2.81. The molecule has 0 aromatic heterocycles. The molecule has 33 heavy (non-hydrogen) atoms. The minimum absolute atomic E-state index is 0.130. The van der Waals surface area contributed by atoms with Gasteiger partial charge >= 0.3 is 5.97 Å². The van der Waals surface area contributed by atoms with Crippen molar-refractivity contribution in [2.24, 2.45) is 4.40 Å². The Morgan fingerprint density at radius 2 is 1.88 bits per heavy atom.